The van der Waals surface area contributed by atoms with Gasteiger partial charge in [-0.3, -0.25) is 0 Å². The van der Waals surface area contributed by atoms with Crippen LogP contribution in [0.15, 0.2) is 38.2 Å². The van der Waals surface area contributed by atoms with Crippen molar-refractivity contribution in [1.29, 1.82) is 0 Å². The molecule has 2 aromatic rings. The summed E-state index contributed by atoms with van der Waals surface area (Å²) in [6.45, 7) is 4.16. The lowest BCUT2D eigenvalue weighted by Gasteiger charge is -2.08. The zero-order valence-electron chi connectivity index (χ0n) is 10.3. The summed E-state index contributed by atoms with van der Waals surface area (Å²) in [5.74, 6) is 0. The van der Waals surface area contributed by atoms with Gasteiger partial charge < -0.3 is 5.32 Å². The van der Waals surface area contributed by atoms with E-state index in [1.807, 2.05) is 12.1 Å². The van der Waals surface area contributed by atoms with Crippen molar-refractivity contribution in [3.63, 3.8) is 0 Å². The number of rotatable bonds is 2. The van der Waals surface area contributed by atoms with Crippen molar-refractivity contribution in [3.05, 3.63) is 38.2 Å². The first-order valence-electron chi connectivity index (χ1n) is 5.36. The molecule has 0 radical (unpaired) electrons. The quantitative estimate of drug-likeness (QED) is 0.742. The molecule has 0 saturated heterocycles. The first kappa shape index (κ1) is 16.5. The van der Waals surface area contributed by atoms with Gasteiger partial charge in [0.15, 0.2) is 0 Å². The molecule has 0 atom stereocenters. The fraction of sp³-hybridized carbons (Fsp3) is 0.273. The second-order valence-corrected chi connectivity index (χ2v) is 6.30. The van der Waals surface area contributed by atoms with Crippen LogP contribution in [-0.4, -0.2) is 26.4 Å². The number of nitrogens with one attached hydrogen (secondary N) is 1. The molecular formula is C11H12Br3N5. The fourth-order valence-electron chi connectivity index (χ4n) is 1.07. The average molecular weight is 454 g/mol. The highest BCUT2D eigenvalue weighted by atomic mass is 79.9. The Morgan fingerprint density at radius 2 is 1.53 bits per heavy atom. The number of halogens is 3. The van der Waals surface area contributed by atoms with E-state index in [0.717, 1.165) is 19.4 Å². The predicted molar refractivity (Wildman–Crippen MR) is 85.9 cm³/mol. The highest BCUT2D eigenvalue weighted by Gasteiger charge is 1.96. The summed E-state index contributed by atoms with van der Waals surface area (Å²) in [7, 11) is 0. The molecule has 5 nitrogen and oxygen atoms in total. The maximum absolute atomic E-state index is 3.78. The van der Waals surface area contributed by atoms with Gasteiger partial charge in [0.05, 0.1) is 18.1 Å². The third-order valence-corrected chi connectivity index (χ3v) is 2.88. The molecule has 0 aromatic carbocycles. The molecule has 0 unspecified atom stereocenters. The van der Waals surface area contributed by atoms with Crippen LogP contribution in [0.3, 0.4) is 0 Å². The minimum Gasteiger partial charge on any atom is -0.381 e. The summed E-state index contributed by atoms with van der Waals surface area (Å²) in [5.41, 5.74) is 0.988. The highest BCUT2D eigenvalue weighted by Crippen LogP contribution is 2.11. The van der Waals surface area contributed by atoms with Gasteiger partial charge >= 0.3 is 0 Å². The lowest BCUT2D eigenvalue weighted by molar-refractivity contribution is 0.889. The Morgan fingerprint density at radius 1 is 0.947 bits per heavy atom. The lowest BCUT2D eigenvalue weighted by Crippen LogP contribution is -2.09. The van der Waals surface area contributed by atoms with Crippen molar-refractivity contribution in [1.82, 2.24) is 20.4 Å². The topological polar surface area (TPSA) is 63.6 Å². The molecule has 2 heterocycles. The van der Waals surface area contributed by atoms with E-state index in [0.29, 0.717) is 6.04 Å². The average Bonchev–Trinajstić information content (AvgIpc) is 2.28. The largest absolute Gasteiger partial charge is 0.381 e. The Morgan fingerprint density at radius 3 is 1.95 bits per heavy atom. The van der Waals surface area contributed by atoms with E-state index in [1.54, 1.807) is 12.4 Å². The Bertz CT molecular complexity index is 504. The Hall–Kier alpha value is -0.600. The van der Waals surface area contributed by atoms with Crippen molar-refractivity contribution >= 4 is 53.5 Å². The summed E-state index contributed by atoms with van der Waals surface area (Å²) < 4.78 is 2.43. The molecular weight excluding hydrogens is 442 g/mol. The number of aromatic nitrogens is 4. The van der Waals surface area contributed by atoms with E-state index in [1.165, 1.54) is 0 Å². The third-order valence-electron chi connectivity index (χ3n) is 1.67. The SMILES string of the molecule is Brc1cnnc(Br)c1.CC(C)Nc1cnnc(Br)c1. The van der Waals surface area contributed by atoms with Crippen LogP contribution in [0.5, 0.6) is 0 Å². The monoisotopic (exact) mass is 451 g/mol. The van der Waals surface area contributed by atoms with Gasteiger partial charge in [-0.15, -0.1) is 10.2 Å². The van der Waals surface area contributed by atoms with Crippen LogP contribution in [0, 0.1) is 0 Å². The number of anilines is 1. The molecule has 8 heteroatoms. The van der Waals surface area contributed by atoms with Gasteiger partial charge in [0.2, 0.25) is 0 Å². The van der Waals surface area contributed by atoms with Crippen molar-refractivity contribution in [2.45, 2.75) is 19.9 Å². The van der Waals surface area contributed by atoms with Crippen LogP contribution in [0.4, 0.5) is 5.69 Å². The first-order valence-corrected chi connectivity index (χ1v) is 7.73. The molecule has 0 aliphatic heterocycles. The van der Waals surface area contributed by atoms with Crippen LogP contribution in [0.25, 0.3) is 0 Å². The molecule has 0 aliphatic rings. The van der Waals surface area contributed by atoms with Crippen LogP contribution in [0.2, 0.25) is 0 Å². The van der Waals surface area contributed by atoms with E-state index in [2.05, 4.69) is 87.3 Å². The summed E-state index contributed by atoms with van der Waals surface area (Å²) in [5, 5.41) is 18.1. The summed E-state index contributed by atoms with van der Waals surface area (Å²) in [6.07, 6.45) is 3.33. The van der Waals surface area contributed by atoms with Gasteiger partial charge in [-0.25, -0.2) is 0 Å². The molecule has 2 aromatic heterocycles. The van der Waals surface area contributed by atoms with Gasteiger partial charge in [0.1, 0.15) is 9.21 Å². The fourth-order valence-corrected chi connectivity index (χ4v) is 2.36. The molecule has 0 aliphatic carbocycles. The number of hydrogen-bond acceptors (Lipinski definition) is 5. The Balaban J connectivity index is 0.000000200. The van der Waals surface area contributed by atoms with Crippen LogP contribution in [0.1, 0.15) is 13.8 Å². The lowest BCUT2D eigenvalue weighted by atomic mass is 10.3. The van der Waals surface area contributed by atoms with Gasteiger partial charge in [-0.2, -0.15) is 10.2 Å². The first-order chi connectivity index (χ1) is 8.97. The van der Waals surface area contributed by atoms with Gasteiger partial charge in [-0.05, 0) is 73.8 Å². The summed E-state index contributed by atoms with van der Waals surface area (Å²) >= 11 is 9.63. The maximum Gasteiger partial charge on any atom is 0.130 e. The van der Waals surface area contributed by atoms with E-state index in [4.69, 9.17) is 0 Å². The summed E-state index contributed by atoms with van der Waals surface area (Å²) in [6, 6.07) is 4.14. The van der Waals surface area contributed by atoms with Crippen molar-refractivity contribution < 1.29 is 0 Å². The molecule has 2 rings (SSSR count). The minimum absolute atomic E-state index is 0.422. The van der Waals surface area contributed by atoms with Crippen molar-refractivity contribution in [2.75, 3.05) is 5.32 Å². The number of hydrogen-bond donors (Lipinski definition) is 1. The summed E-state index contributed by atoms with van der Waals surface area (Å²) in [4.78, 5) is 0. The molecule has 0 bridgehead atoms. The van der Waals surface area contributed by atoms with E-state index in [-0.39, 0.29) is 0 Å². The standard InChI is InChI=1S/C7H10BrN3.C4H2Br2N2/c1-5(2)10-6-3-7(8)11-9-4-6;5-3-1-4(6)8-7-2-3/h3-5H,1-2H3,(H,10,11);1-2H. The second-order valence-electron chi connectivity index (χ2n) is 3.76. The van der Waals surface area contributed by atoms with Crippen LogP contribution < -0.4 is 5.32 Å². The van der Waals surface area contributed by atoms with Gasteiger partial charge in [0.25, 0.3) is 0 Å². The van der Waals surface area contributed by atoms with Gasteiger partial charge in [0, 0.05) is 10.5 Å². The minimum atomic E-state index is 0.422. The zero-order chi connectivity index (χ0) is 14.3. The van der Waals surface area contributed by atoms with Crippen LogP contribution >= 0.6 is 47.8 Å². The van der Waals surface area contributed by atoms with Crippen LogP contribution in [-0.2, 0) is 0 Å². The molecule has 1 N–H and O–H groups in total. The molecule has 19 heavy (non-hydrogen) atoms. The van der Waals surface area contributed by atoms with Crippen molar-refractivity contribution in [2.24, 2.45) is 0 Å². The Labute approximate surface area is 137 Å². The van der Waals surface area contributed by atoms with E-state index >= 15 is 0 Å². The van der Waals surface area contributed by atoms with Crippen molar-refractivity contribution in [3.8, 4) is 0 Å². The second kappa shape index (κ2) is 8.55. The predicted octanol–water partition coefficient (Wildman–Crippen LogP) is 4.06. The molecule has 0 saturated carbocycles. The normalized spacial score (nSPS) is 9.79. The van der Waals surface area contributed by atoms with E-state index < -0.39 is 0 Å². The number of nitrogens with zero attached hydrogens (tertiary/aromatic N) is 4. The molecule has 0 amide bonds. The zero-order valence-corrected chi connectivity index (χ0v) is 15.1. The molecule has 0 spiro atoms. The van der Waals surface area contributed by atoms with Gasteiger partial charge in [-0.1, -0.05) is 0 Å². The maximum atomic E-state index is 3.78. The molecule has 0 fully saturated rings. The Kier molecular flexibility index (Phi) is 7.40. The molecule has 102 valence electrons. The third kappa shape index (κ3) is 7.54. The van der Waals surface area contributed by atoms with E-state index in [9.17, 15) is 0 Å². The highest BCUT2D eigenvalue weighted by molar-refractivity contribution is 9.11. The smallest absolute Gasteiger partial charge is 0.130 e.